The average molecular weight is 677 g/mol. The number of imidazole rings is 1. The molecule has 0 aromatic carbocycles. The number of anilines is 2. The summed E-state index contributed by atoms with van der Waals surface area (Å²) in [5.74, 6) is -2.71. The van der Waals surface area contributed by atoms with Crippen molar-refractivity contribution in [1.82, 2.24) is 24.6 Å². The molecular weight excluding hydrogens is 647 g/mol. The Balaban J connectivity index is 1.36. The molecule has 1 fully saturated rings. The van der Waals surface area contributed by atoms with E-state index < -0.39 is 40.8 Å². The predicted molar refractivity (Wildman–Crippen MR) is 167 cm³/mol. The predicted octanol–water partition coefficient (Wildman–Crippen LogP) is 0.378. The van der Waals surface area contributed by atoms with E-state index in [-0.39, 0.29) is 27.2 Å². The molecular formula is C26H30N9O7S3+. The van der Waals surface area contributed by atoms with Crippen molar-refractivity contribution in [3.8, 4) is 0 Å². The molecule has 238 valence electrons. The Morgan fingerprint density at radius 3 is 2.69 bits per heavy atom. The largest absolute Gasteiger partial charge is 0.478 e. The lowest BCUT2D eigenvalue weighted by Crippen LogP contribution is -2.71. The molecule has 2 aliphatic heterocycles. The van der Waals surface area contributed by atoms with Crippen molar-refractivity contribution in [3.05, 3.63) is 40.8 Å². The summed E-state index contributed by atoms with van der Waals surface area (Å²) in [4.78, 5) is 67.6. The minimum atomic E-state index is -1.76. The fourth-order valence-corrected chi connectivity index (χ4v) is 7.53. The third-order valence-corrected chi connectivity index (χ3v) is 10.2. The van der Waals surface area contributed by atoms with Crippen LogP contribution in [-0.2, 0) is 31.1 Å². The van der Waals surface area contributed by atoms with Gasteiger partial charge in [-0.3, -0.25) is 14.5 Å². The van der Waals surface area contributed by atoms with Gasteiger partial charge >= 0.3 is 11.9 Å². The summed E-state index contributed by atoms with van der Waals surface area (Å²) in [6.45, 7) is 2.51. The summed E-state index contributed by atoms with van der Waals surface area (Å²) in [5, 5.41) is 26.0. The van der Waals surface area contributed by atoms with E-state index in [1.54, 1.807) is 0 Å². The smallest absolute Gasteiger partial charge is 0.352 e. The Kier molecular flexibility index (Phi) is 8.69. The van der Waals surface area contributed by atoms with E-state index in [1.807, 2.05) is 53.5 Å². The molecule has 3 aromatic heterocycles. The van der Waals surface area contributed by atoms with Crippen LogP contribution in [0, 0.1) is 0 Å². The third kappa shape index (κ3) is 6.14. The maximum atomic E-state index is 13.3. The van der Waals surface area contributed by atoms with Crippen LogP contribution in [0.5, 0.6) is 0 Å². The van der Waals surface area contributed by atoms with E-state index >= 15 is 0 Å². The lowest BCUT2D eigenvalue weighted by atomic mass is 10.0. The fourth-order valence-electron chi connectivity index (χ4n) is 4.40. The van der Waals surface area contributed by atoms with Crippen LogP contribution in [0.15, 0.2) is 46.2 Å². The number of fused-ring (bicyclic) bond motifs is 2. The number of carboxylic acids is 2. The molecule has 1 saturated heterocycles. The molecule has 2 amide bonds. The third-order valence-electron chi connectivity index (χ3n) is 6.94. The van der Waals surface area contributed by atoms with Gasteiger partial charge in [0, 0.05) is 31.8 Å². The number of aliphatic carboxylic acids is 2. The quantitative estimate of drug-likeness (QED) is 0.0541. The summed E-state index contributed by atoms with van der Waals surface area (Å²) in [6.07, 6.45) is 5.05. The Bertz CT molecular complexity index is 1780. The minimum Gasteiger partial charge on any atom is -0.478 e. The van der Waals surface area contributed by atoms with Gasteiger partial charge in [-0.1, -0.05) is 28.3 Å². The Morgan fingerprint density at radius 2 is 2.07 bits per heavy atom. The molecule has 19 heteroatoms. The van der Waals surface area contributed by atoms with Crippen molar-refractivity contribution in [2.75, 3.05) is 36.2 Å². The van der Waals surface area contributed by atoms with Gasteiger partial charge in [-0.25, -0.2) is 19.1 Å². The van der Waals surface area contributed by atoms with Crippen LogP contribution in [0.25, 0.3) is 5.65 Å². The molecule has 5 heterocycles. The number of carbonyl (C=O) groups is 4. The molecule has 0 saturated carbocycles. The summed E-state index contributed by atoms with van der Waals surface area (Å²) < 4.78 is 3.86. The van der Waals surface area contributed by atoms with Gasteiger partial charge in [-0.05, 0) is 19.4 Å². The van der Waals surface area contributed by atoms with Gasteiger partial charge in [0.25, 0.3) is 22.6 Å². The number of nitrogens with zero attached hydrogens (tertiary/aromatic N) is 7. The lowest BCUT2D eigenvalue weighted by Gasteiger charge is -2.49. The van der Waals surface area contributed by atoms with E-state index in [1.165, 1.54) is 48.5 Å². The van der Waals surface area contributed by atoms with Gasteiger partial charge in [0.2, 0.25) is 5.60 Å². The molecule has 45 heavy (non-hydrogen) atoms. The number of aromatic nitrogens is 4. The first-order valence-electron chi connectivity index (χ1n) is 13.3. The van der Waals surface area contributed by atoms with Gasteiger partial charge in [0.05, 0.1) is 18.0 Å². The maximum Gasteiger partial charge on any atom is 0.352 e. The fraction of sp³-hybridized carbons (Fsp3) is 0.385. The maximum absolute atomic E-state index is 13.3. The average Bonchev–Trinajstić information content (AvgIpc) is 3.58. The number of thioether (sulfide) groups is 2. The van der Waals surface area contributed by atoms with E-state index in [0.29, 0.717) is 16.5 Å². The van der Waals surface area contributed by atoms with Crippen LogP contribution < -0.4 is 20.5 Å². The molecule has 0 bridgehead atoms. The zero-order valence-corrected chi connectivity index (χ0v) is 27.2. The number of hydrogen-bond donors (Lipinski definition) is 4. The zero-order chi connectivity index (χ0) is 32.8. The van der Waals surface area contributed by atoms with Crippen LogP contribution in [0.3, 0.4) is 0 Å². The second-order valence-electron chi connectivity index (χ2n) is 10.7. The van der Waals surface area contributed by atoms with Crippen LogP contribution >= 0.6 is 34.9 Å². The standard InChI is InChI=1S/C26H29N9O7S3/c1-26(2,23(40)41)42-31-16(13-9-28-24(27)45-13)19(36)30-17-20(37)35-18(22(38)39)12(10-43-21(17)35)11-44-25-29-14(32(3)4)8-15-33(5)6-7-34(15)25/h6-9,17,21H,10-11H2,1-5H3,(H4-,27,28,30,31,36,38,39,40,41)/p+1. The van der Waals surface area contributed by atoms with Crippen molar-refractivity contribution in [2.24, 2.45) is 12.2 Å². The van der Waals surface area contributed by atoms with Crippen molar-refractivity contribution in [1.29, 1.82) is 0 Å². The summed E-state index contributed by atoms with van der Waals surface area (Å²) in [7, 11) is 5.69. The van der Waals surface area contributed by atoms with Crippen LogP contribution in [0.4, 0.5) is 10.9 Å². The number of nitrogens with two attached hydrogens (primary N) is 1. The second-order valence-corrected chi connectivity index (χ2v) is 13.9. The van der Waals surface area contributed by atoms with Crippen LogP contribution in [0.1, 0.15) is 18.7 Å². The van der Waals surface area contributed by atoms with Gasteiger partial charge in [-0.15, -0.1) is 11.8 Å². The highest BCUT2D eigenvalue weighted by molar-refractivity contribution is 8.01. The second kappa shape index (κ2) is 12.2. The van der Waals surface area contributed by atoms with E-state index in [9.17, 15) is 29.4 Å². The number of amides is 2. The molecule has 0 spiro atoms. The molecule has 16 nitrogen and oxygen atoms in total. The number of hydrogen-bond acceptors (Lipinski definition) is 13. The number of nitrogens with one attached hydrogen (secondary N) is 1. The van der Waals surface area contributed by atoms with Crippen molar-refractivity contribution >= 4 is 80.9 Å². The molecule has 2 unspecified atom stereocenters. The minimum absolute atomic E-state index is 0.129. The topological polar surface area (TPSA) is 209 Å². The van der Waals surface area contributed by atoms with Gasteiger partial charge in [-0.2, -0.15) is 9.38 Å². The molecule has 0 radical (unpaired) electrons. The van der Waals surface area contributed by atoms with Crippen LogP contribution in [0.2, 0.25) is 0 Å². The molecule has 5 rings (SSSR count). The monoisotopic (exact) mass is 676 g/mol. The number of aryl methyl sites for hydroxylation is 1. The first-order chi connectivity index (χ1) is 21.2. The zero-order valence-electron chi connectivity index (χ0n) is 24.7. The van der Waals surface area contributed by atoms with Gasteiger partial charge in [0.15, 0.2) is 10.8 Å². The first kappa shape index (κ1) is 32.0. The van der Waals surface area contributed by atoms with Gasteiger partial charge < -0.3 is 31.0 Å². The normalized spacial score (nSPS) is 18.5. The Labute approximate surface area is 268 Å². The number of oxime groups is 1. The number of thiazole rings is 1. The van der Waals surface area contributed by atoms with E-state index in [2.05, 4.69) is 15.5 Å². The molecule has 0 aliphatic carbocycles. The van der Waals surface area contributed by atoms with Crippen molar-refractivity contribution in [3.63, 3.8) is 0 Å². The number of nitrogen functional groups attached to an aromatic ring is 1. The van der Waals surface area contributed by atoms with Crippen molar-refractivity contribution < 1.29 is 38.8 Å². The highest BCUT2D eigenvalue weighted by atomic mass is 32.2. The summed E-state index contributed by atoms with van der Waals surface area (Å²) in [5.41, 5.74) is 4.95. The molecule has 2 aliphatic rings. The Hall–Kier alpha value is -4.36. The molecule has 5 N–H and O–H groups in total. The van der Waals surface area contributed by atoms with Gasteiger partial charge in [0.1, 0.15) is 35.3 Å². The SMILES string of the molecule is CN(C)c1cc2n(cc[n+]2C)c(SCC2=C(C(=O)O)N3C(=O)C(NC(=O)/C(=N\OC(C)(C)C(=O)O)c4cnc(N)s4)C3SC2)n1. The number of β-lactam (4-membered cyclic amide) rings is 1. The highest BCUT2D eigenvalue weighted by Gasteiger charge is 2.54. The Morgan fingerprint density at radius 1 is 1.33 bits per heavy atom. The highest BCUT2D eigenvalue weighted by Crippen LogP contribution is 2.41. The van der Waals surface area contributed by atoms with Crippen LogP contribution in [-0.4, -0.2) is 102 Å². The summed E-state index contributed by atoms with van der Waals surface area (Å²) in [6, 6.07) is 0.881. The molecule has 3 aromatic rings. The number of carbonyl (C=O) groups excluding carboxylic acids is 2. The summed E-state index contributed by atoms with van der Waals surface area (Å²) >= 11 is 3.60. The van der Waals surface area contributed by atoms with E-state index in [4.69, 9.17) is 15.6 Å². The lowest BCUT2D eigenvalue weighted by molar-refractivity contribution is -0.644. The van der Waals surface area contributed by atoms with E-state index in [0.717, 1.165) is 22.8 Å². The first-order valence-corrected chi connectivity index (χ1v) is 16.1. The molecule has 2 atom stereocenters. The van der Waals surface area contributed by atoms with Crippen molar-refractivity contribution in [2.45, 2.75) is 36.0 Å². The number of rotatable bonds is 11. The number of carboxylic acid groups (broad SMARTS) is 2.